The van der Waals surface area contributed by atoms with Crippen LogP contribution in [0.5, 0.6) is 0 Å². The van der Waals surface area contributed by atoms with E-state index in [0.717, 1.165) is 25.7 Å². The maximum absolute atomic E-state index is 12.0. The predicted molar refractivity (Wildman–Crippen MR) is 63.1 cm³/mol. The number of unbranched alkanes of at least 4 members (excludes halogenated alkanes) is 3. The van der Waals surface area contributed by atoms with Gasteiger partial charge in [-0.2, -0.15) is 24.9 Å². The van der Waals surface area contributed by atoms with Crippen LogP contribution in [0.2, 0.25) is 0 Å². The van der Waals surface area contributed by atoms with Gasteiger partial charge in [-0.15, -0.1) is 0 Å². The van der Waals surface area contributed by atoms with E-state index in [0.29, 0.717) is 12.2 Å². The van der Waals surface area contributed by atoms with E-state index in [9.17, 15) is 18.0 Å². The van der Waals surface area contributed by atoms with E-state index in [2.05, 4.69) is 11.7 Å². The highest BCUT2D eigenvalue weighted by molar-refractivity contribution is 7.98. The summed E-state index contributed by atoms with van der Waals surface area (Å²) in [6, 6.07) is 0. The molecule has 2 nitrogen and oxygen atoms in total. The van der Waals surface area contributed by atoms with E-state index in [4.69, 9.17) is 0 Å². The Balaban J connectivity index is 4.01. The zero-order valence-corrected chi connectivity index (χ0v) is 11.0. The van der Waals surface area contributed by atoms with Gasteiger partial charge in [0.15, 0.2) is 0 Å². The van der Waals surface area contributed by atoms with Crippen molar-refractivity contribution in [1.29, 1.82) is 0 Å². The number of carbonyl (C=O) groups excluding carboxylic acids is 1. The summed E-state index contributed by atoms with van der Waals surface area (Å²) in [5, 5.41) is 0. The van der Waals surface area contributed by atoms with E-state index in [1.165, 1.54) is 11.8 Å². The summed E-state index contributed by atoms with van der Waals surface area (Å²) < 4.78 is 40.5. The van der Waals surface area contributed by atoms with Crippen LogP contribution >= 0.6 is 11.8 Å². The maximum Gasteiger partial charge on any atom is 0.490 e. The van der Waals surface area contributed by atoms with Gasteiger partial charge in [0.25, 0.3) is 0 Å². The lowest BCUT2D eigenvalue weighted by molar-refractivity contribution is -0.204. The summed E-state index contributed by atoms with van der Waals surface area (Å²) in [7, 11) is 0. The third-order valence-corrected chi connectivity index (χ3v) is 2.94. The molecule has 0 aliphatic carbocycles. The molecule has 6 heteroatoms. The van der Waals surface area contributed by atoms with Crippen LogP contribution in [0.4, 0.5) is 13.2 Å². The molecule has 0 radical (unpaired) electrons. The van der Waals surface area contributed by atoms with Gasteiger partial charge in [-0.3, -0.25) is 0 Å². The zero-order chi connectivity index (χ0) is 13.3. The lowest BCUT2D eigenvalue weighted by atomic mass is 10.1. The van der Waals surface area contributed by atoms with Crippen LogP contribution in [-0.2, 0) is 9.53 Å². The first-order valence-corrected chi connectivity index (χ1v) is 7.08. The monoisotopic (exact) mass is 272 g/mol. The molecule has 0 aliphatic heterocycles. The Kier molecular flexibility index (Phi) is 8.47. The molecule has 1 atom stereocenters. The van der Waals surface area contributed by atoms with Gasteiger partial charge in [-0.25, -0.2) is 4.79 Å². The molecule has 0 aliphatic rings. The molecule has 0 saturated heterocycles. The molecular weight excluding hydrogens is 253 g/mol. The molecule has 17 heavy (non-hydrogen) atoms. The minimum atomic E-state index is -4.89. The quantitative estimate of drug-likeness (QED) is 0.496. The van der Waals surface area contributed by atoms with Crippen molar-refractivity contribution in [3.8, 4) is 0 Å². The van der Waals surface area contributed by atoms with Crippen molar-refractivity contribution in [1.82, 2.24) is 0 Å². The molecule has 0 rings (SSSR count). The highest BCUT2D eigenvalue weighted by atomic mass is 32.2. The molecule has 0 aromatic carbocycles. The fourth-order valence-corrected chi connectivity index (χ4v) is 1.99. The molecule has 0 N–H and O–H groups in total. The van der Waals surface area contributed by atoms with Gasteiger partial charge in [0, 0.05) is 5.75 Å². The number of rotatable bonds is 8. The predicted octanol–water partition coefficient (Wildman–Crippen LogP) is 3.79. The number of ether oxygens (including phenoxy) is 1. The highest BCUT2D eigenvalue weighted by Crippen LogP contribution is 2.20. The number of esters is 1. The Morgan fingerprint density at radius 1 is 1.29 bits per heavy atom. The standard InChI is InChI=1S/C11H19F3O2S/c1-3-4-5-6-7-9(8-17-2)16-10(15)11(12,13)14/h9H,3-8H2,1-2H3. The molecule has 0 heterocycles. The van der Waals surface area contributed by atoms with Crippen molar-refractivity contribution in [3.05, 3.63) is 0 Å². The van der Waals surface area contributed by atoms with Crippen molar-refractivity contribution in [2.75, 3.05) is 12.0 Å². The third-order valence-electron chi connectivity index (χ3n) is 2.24. The van der Waals surface area contributed by atoms with E-state index in [1.54, 1.807) is 6.26 Å². The van der Waals surface area contributed by atoms with Gasteiger partial charge < -0.3 is 4.74 Å². The van der Waals surface area contributed by atoms with Crippen LogP contribution in [-0.4, -0.2) is 30.3 Å². The molecule has 0 amide bonds. The number of thioether (sulfide) groups is 1. The van der Waals surface area contributed by atoms with E-state index in [-0.39, 0.29) is 0 Å². The molecular formula is C11H19F3O2S. The number of carbonyl (C=O) groups is 1. The fourth-order valence-electron chi connectivity index (χ4n) is 1.38. The number of halogens is 3. The van der Waals surface area contributed by atoms with Crippen LogP contribution < -0.4 is 0 Å². The van der Waals surface area contributed by atoms with Crippen LogP contribution in [0.25, 0.3) is 0 Å². The molecule has 0 bridgehead atoms. The molecule has 1 unspecified atom stereocenters. The van der Waals surface area contributed by atoms with Crippen molar-refractivity contribution in [2.24, 2.45) is 0 Å². The Morgan fingerprint density at radius 3 is 2.41 bits per heavy atom. The Morgan fingerprint density at radius 2 is 1.94 bits per heavy atom. The largest absolute Gasteiger partial charge is 0.490 e. The van der Waals surface area contributed by atoms with Gasteiger partial charge in [-0.05, 0) is 19.1 Å². The van der Waals surface area contributed by atoms with Gasteiger partial charge in [-0.1, -0.05) is 26.2 Å². The van der Waals surface area contributed by atoms with Gasteiger partial charge in [0.2, 0.25) is 0 Å². The van der Waals surface area contributed by atoms with E-state index in [1.807, 2.05) is 0 Å². The molecule has 0 spiro atoms. The van der Waals surface area contributed by atoms with Crippen LogP contribution in [0.15, 0.2) is 0 Å². The normalized spacial score (nSPS) is 13.5. The smallest absolute Gasteiger partial charge is 0.455 e. The van der Waals surface area contributed by atoms with Crippen LogP contribution in [0, 0.1) is 0 Å². The van der Waals surface area contributed by atoms with E-state index < -0.39 is 18.2 Å². The van der Waals surface area contributed by atoms with Gasteiger partial charge in [0.1, 0.15) is 6.10 Å². The van der Waals surface area contributed by atoms with Crippen LogP contribution in [0.1, 0.15) is 39.0 Å². The number of hydrogen-bond donors (Lipinski definition) is 0. The average molecular weight is 272 g/mol. The Bertz CT molecular complexity index is 219. The van der Waals surface area contributed by atoms with Crippen molar-refractivity contribution in [2.45, 2.75) is 51.3 Å². The van der Waals surface area contributed by atoms with Gasteiger partial charge >= 0.3 is 12.1 Å². The number of hydrogen-bond acceptors (Lipinski definition) is 3. The van der Waals surface area contributed by atoms with Crippen molar-refractivity contribution < 1.29 is 22.7 Å². The second-order valence-electron chi connectivity index (χ2n) is 3.83. The summed E-state index contributed by atoms with van der Waals surface area (Å²) >= 11 is 1.38. The molecule has 0 saturated carbocycles. The highest BCUT2D eigenvalue weighted by Gasteiger charge is 2.42. The second-order valence-corrected chi connectivity index (χ2v) is 4.74. The fraction of sp³-hybridized carbons (Fsp3) is 0.909. The first-order chi connectivity index (χ1) is 7.91. The molecule has 0 aromatic rings. The topological polar surface area (TPSA) is 26.3 Å². The lowest BCUT2D eigenvalue weighted by Gasteiger charge is -2.17. The zero-order valence-electron chi connectivity index (χ0n) is 10.2. The van der Waals surface area contributed by atoms with Crippen molar-refractivity contribution in [3.63, 3.8) is 0 Å². The number of alkyl halides is 3. The lowest BCUT2D eigenvalue weighted by Crippen LogP contribution is -2.31. The molecule has 0 fully saturated rings. The Hall–Kier alpha value is -0.390. The Labute approximate surface area is 104 Å². The summed E-state index contributed by atoms with van der Waals surface area (Å²) in [5.41, 5.74) is 0. The summed E-state index contributed by atoms with van der Waals surface area (Å²) in [4.78, 5) is 10.7. The minimum Gasteiger partial charge on any atom is -0.455 e. The molecule has 0 aromatic heterocycles. The van der Waals surface area contributed by atoms with Crippen LogP contribution in [0.3, 0.4) is 0 Å². The third kappa shape index (κ3) is 8.35. The van der Waals surface area contributed by atoms with Gasteiger partial charge in [0.05, 0.1) is 0 Å². The first kappa shape index (κ1) is 16.6. The first-order valence-electron chi connectivity index (χ1n) is 5.68. The SMILES string of the molecule is CCCCCCC(CSC)OC(=O)C(F)(F)F. The molecule has 102 valence electrons. The summed E-state index contributed by atoms with van der Waals surface area (Å²) in [6.45, 7) is 2.06. The minimum absolute atomic E-state index is 0.411. The maximum atomic E-state index is 12.0. The summed E-state index contributed by atoms with van der Waals surface area (Å²) in [5.74, 6) is -1.67. The average Bonchev–Trinajstić information content (AvgIpc) is 2.23. The van der Waals surface area contributed by atoms with Crippen molar-refractivity contribution >= 4 is 17.7 Å². The summed E-state index contributed by atoms with van der Waals surface area (Å²) in [6.07, 6.45) is 0.642. The van der Waals surface area contributed by atoms with E-state index >= 15 is 0 Å². The second kappa shape index (κ2) is 8.66.